The second kappa shape index (κ2) is 9.02. The molecule has 1 fully saturated rings. The molecule has 5 heteroatoms. The molecular formula is C19H30FN3O. The molecule has 1 saturated carbocycles. The van der Waals surface area contributed by atoms with Crippen LogP contribution in [0, 0.1) is 5.82 Å². The van der Waals surface area contributed by atoms with E-state index in [0.29, 0.717) is 25.2 Å². The zero-order valence-electron chi connectivity index (χ0n) is 15.1. The Balaban J connectivity index is 1.74. The molecule has 1 N–H and O–H groups in total. The lowest BCUT2D eigenvalue weighted by Crippen LogP contribution is -2.41. The zero-order valence-corrected chi connectivity index (χ0v) is 15.1. The van der Waals surface area contributed by atoms with Crippen LogP contribution >= 0.6 is 0 Å². The zero-order chi connectivity index (χ0) is 17.5. The van der Waals surface area contributed by atoms with E-state index in [-0.39, 0.29) is 11.8 Å². The van der Waals surface area contributed by atoms with Crippen molar-refractivity contribution in [2.24, 2.45) is 0 Å². The van der Waals surface area contributed by atoms with Crippen molar-refractivity contribution in [1.29, 1.82) is 0 Å². The topological polar surface area (TPSA) is 35.6 Å². The highest BCUT2D eigenvalue weighted by atomic mass is 19.1. The monoisotopic (exact) mass is 335 g/mol. The SMILES string of the molecule is CC(C)N(C)CCCCNC(=O)N(Cc1cccc(F)c1)C1CC1. The Morgan fingerprint density at radius 1 is 1.33 bits per heavy atom. The first-order valence-corrected chi connectivity index (χ1v) is 8.96. The van der Waals surface area contributed by atoms with Gasteiger partial charge in [-0.05, 0) is 70.8 Å². The van der Waals surface area contributed by atoms with Crippen LogP contribution in [0.15, 0.2) is 24.3 Å². The van der Waals surface area contributed by atoms with E-state index in [1.54, 1.807) is 6.07 Å². The Hall–Kier alpha value is -1.62. The van der Waals surface area contributed by atoms with E-state index in [4.69, 9.17) is 0 Å². The number of amides is 2. The number of nitrogens with one attached hydrogen (secondary N) is 1. The van der Waals surface area contributed by atoms with Crippen LogP contribution in [0.3, 0.4) is 0 Å². The van der Waals surface area contributed by atoms with Gasteiger partial charge in [0.2, 0.25) is 0 Å². The summed E-state index contributed by atoms with van der Waals surface area (Å²) in [6.45, 7) is 6.58. The summed E-state index contributed by atoms with van der Waals surface area (Å²) in [5.74, 6) is -0.252. The third-order valence-electron chi connectivity index (χ3n) is 4.59. The van der Waals surface area contributed by atoms with E-state index in [0.717, 1.165) is 37.8 Å². The van der Waals surface area contributed by atoms with Gasteiger partial charge in [0.25, 0.3) is 0 Å². The third kappa shape index (κ3) is 6.11. The van der Waals surface area contributed by atoms with Crippen molar-refractivity contribution < 1.29 is 9.18 Å². The highest BCUT2D eigenvalue weighted by molar-refractivity contribution is 5.74. The van der Waals surface area contributed by atoms with E-state index >= 15 is 0 Å². The number of hydrogen-bond acceptors (Lipinski definition) is 2. The second-order valence-electron chi connectivity index (χ2n) is 7.00. The van der Waals surface area contributed by atoms with Crippen LogP contribution in [-0.2, 0) is 6.54 Å². The van der Waals surface area contributed by atoms with E-state index in [1.165, 1.54) is 12.1 Å². The van der Waals surface area contributed by atoms with Crippen molar-refractivity contribution in [3.05, 3.63) is 35.6 Å². The highest BCUT2D eigenvalue weighted by Gasteiger charge is 2.32. The van der Waals surface area contributed by atoms with Gasteiger partial charge in [0, 0.05) is 25.2 Å². The first-order chi connectivity index (χ1) is 11.5. The van der Waals surface area contributed by atoms with Gasteiger partial charge in [-0.3, -0.25) is 0 Å². The Kier molecular flexibility index (Phi) is 7.03. The average Bonchev–Trinajstić information content (AvgIpc) is 3.36. The van der Waals surface area contributed by atoms with Crippen LogP contribution in [-0.4, -0.2) is 48.1 Å². The van der Waals surface area contributed by atoms with Crippen LogP contribution in [0.2, 0.25) is 0 Å². The highest BCUT2D eigenvalue weighted by Crippen LogP contribution is 2.28. The minimum atomic E-state index is -0.252. The fraction of sp³-hybridized carbons (Fsp3) is 0.632. The molecule has 0 heterocycles. The summed E-state index contributed by atoms with van der Waals surface area (Å²) in [6, 6.07) is 7.33. The van der Waals surface area contributed by atoms with Crippen molar-refractivity contribution in [3.8, 4) is 0 Å². The molecule has 0 aliphatic heterocycles. The van der Waals surface area contributed by atoms with Gasteiger partial charge in [-0.25, -0.2) is 9.18 Å². The molecule has 0 unspecified atom stereocenters. The van der Waals surface area contributed by atoms with Gasteiger partial charge in [0.1, 0.15) is 5.82 Å². The van der Waals surface area contributed by atoms with Crippen LogP contribution < -0.4 is 5.32 Å². The number of carbonyl (C=O) groups is 1. The quantitative estimate of drug-likeness (QED) is 0.700. The van der Waals surface area contributed by atoms with Crippen molar-refractivity contribution in [1.82, 2.24) is 15.1 Å². The van der Waals surface area contributed by atoms with Gasteiger partial charge in [0.05, 0.1) is 0 Å². The Morgan fingerprint density at radius 3 is 2.71 bits per heavy atom. The number of urea groups is 1. The van der Waals surface area contributed by atoms with Crippen molar-refractivity contribution in [2.75, 3.05) is 20.1 Å². The molecular weight excluding hydrogens is 305 g/mol. The molecule has 1 aromatic rings. The molecule has 2 rings (SSSR count). The molecule has 4 nitrogen and oxygen atoms in total. The second-order valence-corrected chi connectivity index (χ2v) is 7.00. The normalized spacial score (nSPS) is 14.2. The smallest absolute Gasteiger partial charge is 0.317 e. The summed E-state index contributed by atoms with van der Waals surface area (Å²) < 4.78 is 13.3. The summed E-state index contributed by atoms with van der Waals surface area (Å²) in [6.07, 6.45) is 4.13. The lowest BCUT2D eigenvalue weighted by atomic mass is 10.2. The Bertz CT molecular complexity index is 531. The first-order valence-electron chi connectivity index (χ1n) is 8.96. The van der Waals surface area contributed by atoms with Crippen molar-refractivity contribution >= 4 is 6.03 Å². The predicted molar refractivity (Wildman–Crippen MR) is 95.4 cm³/mol. The standard InChI is InChI=1S/C19H30FN3O/c1-15(2)22(3)12-5-4-11-21-19(24)23(18-9-10-18)14-16-7-6-8-17(20)13-16/h6-8,13,15,18H,4-5,9-12,14H2,1-3H3,(H,21,24). The molecule has 134 valence electrons. The van der Waals surface area contributed by atoms with E-state index in [1.807, 2.05) is 11.0 Å². The largest absolute Gasteiger partial charge is 0.338 e. The number of nitrogens with zero attached hydrogens (tertiary/aromatic N) is 2. The maximum atomic E-state index is 13.3. The van der Waals surface area contributed by atoms with Gasteiger partial charge >= 0.3 is 6.03 Å². The van der Waals surface area contributed by atoms with Crippen LogP contribution in [0.5, 0.6) is 0 Å². The third-order valence-corrected chi connectivity index (χ3v) is 4.59. The maximum absolute atomic E-state index is 13.3. The summed E-state index contributed by atoms with van der Waals surface area (Å²) in [4.78, 5) is 16.6. The number of carbonyl (C=O) groups excluding carboxylic acids is 1. The molecule has 0 aromatic heterocycles. The van der Waals surface area contributed by atoms with Crippen molar-refractivity contribution in [3.63, 3.8) is 0 Å². The molecule has 24 heavy (non-hydrogen) atoms. The number of unbranched alkanes of at least 4 members (excludes halogenated alkanes) is 1. The summed E-state index contributed by atoms with van der Waals surface area (Å²) in [5.41, 5.74) is 0.843. The lowest BCUT2D eigenvalue weighted by Gasteiger charge is -2.23. The van der Waals surface area contributed by atoms with Crippen LogP contribution in [0.25, 0.3) is 0 Å². The molecule has 2 amide bonds. The first kappa shape index (κ1) is 18.7. The fourth-order valence-electron chi connectivity index (χ4n) is 2.63. The molecule has 0 bridgehead atoms. The molecule has 0 atom stereocenters. The fourth-order valence-corrected chi connectivity index (χ4v) is 2.63. The van der Waals surface area contributed by atoms with Gasteiger partial charge in [-0.15, -0.1) is 0 Å². The summed E-state index contributed by atoms with van der Waals surface area (Å²) >= 11 is 0. The van der Waals surface area contributed by atoms with Crippen molar-refractivity contribution in [2.45, 2.75) is 58.2 Å². The van der Waals surface area contributed by atoms with Gasteiger partial charge in [-0.1, -0.05) is 12.1 Å². The number of benzene rings is 1. The Labute approximate surface area is 145 Å². The average molecular weight is 335 g/mol. The van der Waals surface area contributed by atoms with Gasteiger partial charge in [-0.2, -0.15) is 0 Å². The van der Waals surface area contributed by atoms with Gasteiger partial charge in [0.15, 0.2) is 0 Å². The minimum absolute atomic E-state index is 0.0287. The van der Waals surface area contributed by atoms with E-state index < -0.39 is 0 Å². The van der Waals surface area contributed by atoms with E-state index in [9.17, 15) is 9.18 Å². The number of hydrogen-bond donors (Lipinski definition) is 1. The molecule has 1 aromatic carbocycles. The van der Waals surface area contributed by atoms with Crippen LogP contribution in [0.4, 0.5) is 9.18 Å². The summed E-state index contributed by atoms with van der Waals surface area (Å²) in [5, 5.41) is 3.02. The molecule has 0 spiro atoms. The number of rotatable bonds is 9. The van der Waals surface area contributed by atoms with E-state index in [2.05, 4.69) is 31.1 Å². The maximum Gasteiger partial charge on any atom is 0.317 e. The van der Waals surface area contributed by atoms with Crippen LogP contribution in [0.1, 0.15) is 45.1 Å². The molecule has 1 aliphatic carbocycles. The summed E-state index contributed by atoms with van der Waals surface area (Å²) in [7, 11) is 2.12. The Morgan fingerprint density at radius 2 is 2.08 bits per heavy atom. The molecule has 0 saturated heterocycles. The lowest BCUT2D eigenvalue weighted by molar-refractivity contribution is 0.191. The predicted octanol–water partition coefficient (Wildman–Crippen LogP) is 3.62. The minimum Gasteiger partial charge on any atom is -0.338 e. The molecule has 0 radical (unpaired) electrons. The number of halogens is 1. The molecule has 1 aliphatic rings. The van der Waals surface area contributed by atoms with Gasteiger partial charge < -0.3 is 15.1 Å².